The number of ether oxygens (including phenoxy) is 3. The number of allylic oxidation sites excluding steroid dienone is 4. The number of carbonyl (C=O) groups excluding carboxylic acids is 6. The number of primary amides is 1. The molecule has 9 N–H and O–H groups in total. The van der Waals surface area contributed by atoms with Crippen molar-refractivity contribution in [3.05, 3.63) is 71.1 Å². The van der Waals surface area contributed by atoms with Crippen molar-refractivity contribution in [2.24, 2.45) is 29.0 Å². The molecule has 18 heteroatoms. The van der Waals surface area contributed by atoms with Gasteiger partial charge in [0, 0.05) is 56.0 Å². The van der Waals surface area contributed by atoms with Crippen LogP contribution in [0.3, 0.4) is 0 Å². The number of aliphatic carboxylic acids is 2. The molecule has 1 fully saturated rings. The van der Waals surface area contributed by atoms with Gasteiger partial charge in [-0.1, -0.05) is 57.1 Å². The first-order chi connectivity index (χ1) is 26.3. The first-order valence-corrected chi connectivity index (χ1v) is 18.2. The largest absolute Gasteiger partial charge is 2.00 e. The van der Waals surface area contributed by atoms with Crippen molar-refractivity contribution in [1.29, 1.82) is 0 Å². The molecule has 0 unspecified atom stereocenters. The van der Waals surface area contributed by atoms with Gasteiger partial charge in [-0.25, -0.2) is 4.79 Å². The van der Waals surface area contributed by atoms with Gasteiger partial charge in [-0.3, -0.25) is 14.4 Å². The molecule has 1 saturated carbocycles. The number of carbonyl (C=O) groups is 6. The molecule has 0 spiro atoms. The molecule has 1 aliphatic heterocycles. The Balaban J connectivity index is 0.00000175. The maximum absolute atomic E-state index is 13.5. The van der Waals surface area contributed by atoms with Gasteiger partial charge in [0.15, 0.2) is 6.10 Å². The Morgan fingerprint density at radius 3 is 2.09 bits per heavy atom. The number of methoxy groups -OCH3 is 2. The molecule has 3 rings (SSSR count). The summed E-state index contributed by atoms with van der Waals surface area (Å²) in [6.07, 6.45) is 10.1. The van der Waals surface area contributed by atoms with Crippen molar-refractivity contribution in [1.82, 2.24) is 10.6 Å². The Kier molecular flexibility index (Phi) is 24.6. The summed E-state index contributed by atoms with van der Waals surface area (Å²) in [6.45, 7) is 10.9. The van der Waals surface area contributed by atoms with Crippen molar-refractivity contribution < 1.29 is 79.4 Å². The summed E-state index contributed by atoms with van der Waals surface area (Å²) in [5.41, 5.74) is 17.7. The van der Waals surface area contributed by atoms with Crippen LogP contribution in [0.1, 0.15) is 66.2 Å². The van der Waals surface area contributed by atoms with Crippen LogP contribution in [0.4, 0.5) is 4.79 Å². The van der Waals surface area contributed by atoms with Crippen LogP contribution in [0.25, 0.3) is 0 Å². The summed E-state index contributed by atoms with van der Waals surface area (Å²) in [5.74, 6) is -6.51. The number of carboxylic acids is 2. The van der Waals surface area contributed by atoms with Gasteiger partial charge < -0.3 is 67.0 Å². The van der Waals surface area contributed by atoms with E-state index in [1.807, 2.05) is 6.92 Å². The molecule has 2 amide bonds. The molecule has 0 aromatic rings. The van der Waals surface area contributed by atoms with Crippen LogP contribution >= 0.6 is 0 Å². The van der Waals surface area contributed by atoms with Gasteiger partial charge in [0.2, 0.25) is 11.6 Å². The molecule has 0 aromatic carbocycles. The van der Waals surface area contributed by atoms with Gasteiger partial charge in [-0.05, 0) is 51.0 Å². The zero-order chi connectivity index (χ0) is 42.7. The van der Waals surface area contributed by atoms with E-state index in [0.29, 0.717) is 12.0 Å². The predicted molar refractivity (Wildman–Crippen MR) is 202 cm³/mol. The van der Waals surface area contributed by atoms with E-state index in [0.717, 1.165) is 18.9 Å². The van der Waals surface area contributed by atoms with E-state index in [4.69, 9.17) is 51.2 Å². The number of ketones is 2. The number of hydrogen-bond donors (Lipinski definition) is 6. The zero-order valence-electron chi connectivity index (χ0n) is 33.2. The van der Waals surface area contributed by atoms with Crippen LogP contribution in [0.15, 0.2) is 71.1 Å². The van der Waals surface area contributed by atoms with E-state index >= 15 is 0 Å². The molecule has 57 heavy (non-hydrogen) atoms. The van der Waals surface area contributed by atoms with Gasteiger partial charge in [0.25, 0.3) is 5.91 Å². The normalized spacial score (nSPS) is 29.6. The second kappa shape index (κ2) is 26.6. The maximum atomic E-state index is 13.5. The summed E-state index contributed by atoms with van der Waals surface area (Å²) >= 11 is 0. The number of nitrogens with two attached hydrogens (primary N) is 3. The molecule has 0 saturated heterocycles. The van der Waals surface area contributed by atoms with Gasteiger partial charge in [0.1, 0.15) is 6.10 Å². The fourth-order valence-corrected chi connectivity index (χ4v) is 6.14. The average molecular weight is 983 g/mol. The Bertz CT molecular complexity index is 1570. The van der Waals surface area contributed by atoms with Crippen LogP contribution in [-0.4, -0.2) is 97.9 Å². The average Bonchev–Trinajstić information content (AvgIpc) is 3.14. The number of aliphatic hydroxyl groups excluding tert-OH is 1. The third-order valence-corrected chi connectivity index (χ3v) is 9.26. The Labute approximate surface area is 348 Å². The first kappa shape index (κ1) is 52.7. The number of nitrogens with one attached hydrogen (secondary N) is 2. The Morgan fingerprint density at radius 2 is 1.61 bits per heavy atom. The molecule has 17 nitrogen and oxygen atoms in total. The standard InChI is InChI=1S/C31H43N3O8.C6H14N2.C2H2O4.Pt/c1-8-12-33-26-21-13-17(2)14-25(41-7)27(36)19(4)15-20(5)29(42-31(32)39)24(40-6)11-9-10-18(3)30(38)34-22(28(21)37)16-23(26)35;7-5-3-1-2-4-6(5)8;3-1(4)2(5)6;/h8-11,15-17,19,24-25,27,29,33,36H,1,12-14H2,2-7H3,(H2,32,39)(H,34,38);5-6H,1-4,7-8H2;(H,3,4)(H,5,6);/q;;;+2/p-2/b11-9-,18-10+,20-15+;;;/t17-,19+,24+,25+,27-,29+;5-,6-;;/m11../s1. The monoisotopic (exact) mass is 982 g/mol. The number of rotatable bonds is 6. The smallest absolute Gasteiger partial charge is 0.543 e. The molecule has 320 valence electrons. The zero-order valence-corrected chi connectivity index (χ0v) is 35.5. The second-order valence-electron chi connectivity index (χ2n) is 13.8. The van der Waals surface area contributed by atoms with E-state index in [9.17, 15) is 24.3 Å². The van der Waals surface area contributed by atoms with E-state index in [2.05, 4.69) is 17.2 Å². The van der Waals surface area contributed by atoms with Crippen molar-refractivity contribution in [2.45, 2.75) is 103 Å². The minimum Gasteiger partial charge on any atom is -0.543 e. The fourth-order valence-electron chi connectivity index (χ4n) is 6.14. The third kappa shape index (κ3) is 17.8. The molecule has 1 heterocycles. The summed E-state index contributed by atoms with van der Waals surface area (Å²) in [7, 11) is 2.92. The summed E-state index contributed by atoms with van der Waals surface area (Å²) in [4.78, 5) is 69.1. The number of fused-ring (bicyclic) bond motifs is 2. The van der Waals surface area contributed by atoms with Crippen molar-refractivity contribution >= 4 is 35.5 Å². The molecule has 8 atom stereocenters. The van der Waals surface area contributed by atoms with Crippen LogP contribution in [0.5, 0.6) is 0 Å². The first-order valence-electron chi connectivity index (χ1n) is 18.2. The maximum Gasteiger partial charge on any atom is 2.00 e. The van der Waals surface area contributed by atoms with Crippen LogP contribution in [-0.2, 0) is 59.2 Å². The third-order valence-electron chi connectivity index (χ3n) is 9.26. The minimum absolute atomic E-state index is 0. The molecule has 0 aromatic heterocycles. The van der Waals surface area contributed by atoms with E-state index in [-0.39, 0.29) is 74.6 Å². The van der Waals surface area contributed by atoms with Gasteiger partial charge in [0.05, 0.1) is 35.5 Å². The SMILES string of the molecule is C=CCNC1=C2C[C@@H](C)C[C@H](OC)[C@H](O)[C@@H](C)/C=C(\C)[C@H](OC(N)=O)[C@@H](OC)/C=C\C=C(/C)C(=O)NC(=CC1=O)C2=O.N[C@@H]1CCCC[C@H]1N.O=C([O-])C(=O)[O-].[Pt+2]. The Hall–Kier alpha value is -4.25. The minimum atomic E-state index is -2.19. The van der Waals surface area contributed by atoms with E-state index in [1.54, 1.807) is 45.1 Å². The van der Waals surface area contributed by atoms with E-state index in [1.165, 1.54) is 33.1 Å². The quantitative estimate of drug-likeness (QED) is 0.108. The fraction of sp³-hybridized carbons (Fsp3) is 0.538. The number of hydrogen-bond acceptors (Lipinski definition) is 15. The van der Waals surface area contributed by atoms with E-state index < -0.39 is 65.8 Å². The van der Waals surface area contributed by atoms with Crippen LogP contribution in [0, 0.1) is 11.8 Å². The summed E-state index contributed by atoms with van der Waals surface area (Å²) in [5, 5.41) is 34.6. The number of carboxylic acid groups (broad SMARTS) is 2. The second-order valence-corrected chi connectivity index (χ2v) is 13.8. The molecule has 2 aliphatic carbocycles. The number of amides is 2. The van der Waals surface area contributed by atoms with Gasteiger partial charge in [-0.15, -0.1) is 6.58 Å². The van der Waals surface area contributed by atoms with Crippen LogP contribution < -0.4 is 38.0 Å². The molecular weight excluding hydrogens is 926 g/mol. The van der Waals surface area contributed by atoms with Gasteiger partial charge in [-0.2, -0.15) is 0 Å². The molecule has 3 aliphatic rings. The molecular formula is C39H57N5O12Pt. The van der Waals surface area contributed by atoms with Crippen molar-refractivity contribution in [3.63, 3.8) is 0 Å². The summed E-state index contributed by atoms with van der Waals surface area (Å²) < 4.78 is 16.6. The molecule has 2 bridgehead atoms. The number of aliphatic hydroxyl groups is 1. The molecule has 0 radical (unpaired) electrons. The predicted octanol–water partition coefficient (Wildman–Crippen LogP) is -0.764. The summed E-state index contributed by atoms with van der Waals surface area (Å²) in [6, 6.07) is 0.562. The van der Waals surface area contributed by atoms with Gasteiger partial charge >= 0.3 is 27.2 Å². The number of Topliss-reactive ketones (excluding diaryl/α,β-unsaturated/α-hetero) is 1. The Morgan fingerprint density at radius 1 is 1.04 bits per heavy atom. The van der Waals surface area contributed by atoms with Crippen LogP contribution in [0.2, 0.25) is 0 Å². The van der Waals surface area contributed by atoms with Crippen molar-refractivity contribution in [3.8, 4) is 0 Å². The topological polar surface area (TPSA) is 299 Å². The van der Waals surface area contributed by atoms with Crippen molar-refractivity contribution in [2.75, 3.05) is 20.8 Å².